The van der Waals surface area contributed by atoms with Crippen LogP contribution >= 0.6 is 11.6 Å². The maximum atomic E-state index is 12.2. The highest BCUT2D eigenvalue weighted by atomic mass is 35.5. The minimum absolute atomic E-state index is 0.149. The zero-order chi connectivity index (χ0) is 17.8. The van der Waals surface area contributed by atoms with E-state index in [1.165, 1.54) is 0 Å². The van der Waals surface area contributed by atoms with Crippen molar-refractivity contribution in [3.8, 4) is 0 Å². The molecule has 6 heteroatoms. The maximum absolute atomic E-state index is 12.2. The van der Waals surface area contributed by atoms with Gasteiger partial charge in [-0.05, 0) is 36.6 Å². The van der Waals surface area contributed by atoms with Crippen LogP contribution in [0.1, 0.15) is 41.2 Å². The van der Waals surface area contributed by atoms with Gasteiger partial charge < -0.3 is 16.4 Å². The van der Waals surface area contributed by atoms with Crippen molar-refractivity contribution >= 4 is 29.1 Å². The van der Waals surface area contributed by atoms with Crippen molar-refractivity contribution in [2.45, 2.75) is 31.3 Å². The number of amides is 2. The van der Waals surface area contributed by atoms with E-state index in [2.05, 4.69) is 10.6 Å². The number of hydrogen-bond acceptors (Lipinski definition) is 3. The lowest BCUT2D eigenvalue weighted by molar-refractivity contribution is -0.116. The van der Waals surface area contributed by atoms with Gasteiger partial charge in [-0.3, -0.25) is 9.59 Å². The molecule has 2 aromatic carbocycles. The molecule has 25 heavy (non-hydrogen) atoms. The summed E-state index contributed by atoms with van der Waals surface area (Å²) < 4.78 is 0. The Morgan fingerprint density at radius 1 is 1.16 bits per heavy atom. The molecule has 2 aromatic rings. The third-order valence-electron chi connectivity index (χ3n) is 4.04. The van der Waals surface area contributed by atoms with Crippen molar-refractivity contribution in [3.63, 3.8) is 0 Å². The van der Waals surface area contributed by atoms with Gasteiger partial charge in [-0.15, -0.1) is 0 Å². The number of rotatable bonds is 6. The summed E-state index contributed by atoms with van der Waals surface area (Å²) in [7, 11) is 0. The molecule has 4 N–H and O–H groups in total. The molecular weight excluding hydrogens is 338 g/mol. The Labute approximate surface area is 151 Å². The summed E-state index contributed by atoms with van der Waals surface area (Å²) in [6.07, 6.45) is 2.14. The van der Waals surface area contributed by atoms with E-state index >= 15 is 0 Å². The number of hydrogen-bond donors (Lipinski definition) is 3. The summed E-state index contributed by atoms with van der Waals surface area (Å²) in [6, 6.07) is 14.2. The Morgan fingerprint density at radius 3 is 2.56 bits per heavy atom. The topological polar surface area (TPSA) is 84.2 Å². The Balaban J connectivity index is 1.63. The van der Waals surface area contributed by atoms with Crippen molar-refractivity contribution < 1.29 is 9.59 Å². The lowest BCUT2D eigenvalue weighted by atomic mass is 10.0. The normalized spacial score (nSPS) is 14.6. The third kappa shape index (κ3) is 4.81. The lowest BCUT2D eigenvalue weighted by Gasteiger charge is -2.13. The van der Waals surface area contributed by atoms with Gasteiger partial charge in [0.1, 0.15) is 0 Å². The summed E-state index contributed by atoms with van der Waals surface area (Å²) in [5.74, 6) is -0.434. The van der Waals surface area contributed by atoms with Gasteiger partial charge in [0.05, 0.1) is 10.6 Å². The standard InChI is InChI=1S/C19H20ClN3O2/c20-16-9-8-14(10-15(16)19(25)23-13-6-7-13)22-18(24)11-17(21)12-4-2-1-3-5-12/h1-5,8-10,13,17H,6-7,11,21H2,(H,22,24)(H,23,25). The van der Waals surface area contributed by atoms with E-state index in [9.17, 15) is 9.59 Å². The fourth-order valence-electron chi connectivity index (χ4n) is 2.50. The van der Waals surface area contributed by atoms with Gasteiger partial charge in [0, 0.05) is 24.2 Å². The van der Waals surface area contributed by atoms with Crippen LogP contribution in [0, 0.1) is 0 Å². The second kappa shape index (κ2) is 7.68. The van der Waals surface area contributed by atoms with Gasteiger partial charge in [-0.1, -0.05) is 41.9 Å². The van der Waals surface area contributed by atoms with Crippen molar-refractivity contribution in [3.05, 3.63) is 64.7 Å². The number of carbonyl (C=O) groups excluding carboxylic acids is 2. The molecule has 130 valence electrons. The van der Waals surface area contributed by atoms with E-state index in [1.54, 1.807) is 18.2 Å². The maximum Gasteiger partial charge on any atom is 0.253 e. The van der Waals surface area contributed by atoms with Gasteiger partial charge >= 0.3 is 0 Å². The van der Waals surface area contributed by atoms with Crippen molar-refractivity contribution in [2.24, 2.45) is 5.73 Å². The molecule has 1 unspecified atom stereocenters. The van der Waals surface area contributed by atoms with E-state index in [1.807, 2.05) is 30.3 Å². The first-order valence-corrected chi connectivity index (χ1v) is 8.61. The Kier molecular flexibility index (Phi) is 5.36. The number of halogens is 1. The first-order chi connectivity index (χ1) is 12.0. The summed E-state index contributed by atoms with van der Waals surface area (Å²) in [5, 5.41) is 6.02. The molecular formula is C19H20ClN3O2. The number of nitrogens with one attached hydrogen (secondary N) is 2. The molecule has 3 rings (SSSR count). The van der Waals surface area contributed by atoms with Crippen molar-refractivity contribution in [2.75, 3.05) is 5.32 Å². The molecule has 0 bridgehead atoms. The zero-order valence-corrected chi connectivity index (χ0v) is 14.4. The minimum atomic E-state index is -0.383. The molecule has 1 atom stereocenters. The summed E-state index contributed by atoms with van der Waals surface area (Å²) in [6.45, 7) is 0. The SMILES string of the molecule is NC(CC(=O)Nc1ccc(Cl)c(C(=O)NC2CC2)c1)c1ccccc1. The highest BCUT2D eigenvalue weighted by molar-refractivity contribution is 6.34. The summed E-state index contributed by atoms with van der Waals surface area (Å²) in [5.41, 5.74) is 7.85. The second-order valence-corrected chi connectivity index (χ2v) is 6.62. The molecule has 0 spiro atoms. The smallest absolute Gasteiger partial charge is 0.253 e. The molecule has 1 fully saturated rings. The fraction of sp³-hybridized carbons (Fsp3) is 0.263. The summed E-state index contributed by atoms with van der Waals surface area (Å²) >= 11 is 6.10. The van der Waals surface area contributed by atoms with Crippen molar-refractivity contribution in [1.29, 1.82) is 0 Å². The lowest BCUT2D eigenvalue weighted by Crippen LogP contribution is -2.26. The predicted octanol–water partition coefficient (Wildman–Crippen LogP) is 3.26. The second-order valence-electron chi connectivity index (χ2n) is 6.21. The monoisotopic (exact) mass is 357 g/mol. The molecule has 1 aliphatic rings. The van der Waals surface area contributed by atoms with Crippen LogP contribution in [-0.4, -0.2) is 17.9 Å². The Hall–Kier alpha value is -2.37. The van der Waals surface area contributed by atoms with Crippen LogP contribution in [0.2, 0.25) is 5.02 Å². The molecule has 1 aliphatic carbocycles. The highest BCUT2D eigenvalue weighted by Crippen LogP contribution is 2.24. The number of benzene rings is 2. The zero-order valence-electron chi connectivity index (χ0n) is 13.7. The Morgan fingerprint density at radius 2 is 1.88 bits per heavy atom. The van der Waals surface area contributed by atoms with Crippen LogP contribution < -0.4 is 16.4 Å². The quantitative estimate of drug-likeness (QED) is 0.741. The Bertz CT molecular complexity index is 775. The molecule has 1 saturated carbocycles. The molecule has 2 amide bonds. The van der Waals surface area contributed by atoms with E-state index in [-0.39, 0.29) is 30.3 Å². The first kappa shape index (κ1) is 17.5. The molecule has 0 saturated heterocycles. The fourth-order valence-corrected chi connectivity index (χ4v) is 2.70. The van der Waals surface area contributed by atoms with Crippen LogP contribution in [0.5, 0.6) is 0 Å². The largest absolute Gasteiger partial charge is 0.349 e. The number of anilines is 1. The third-order valence-corrected chi connectivity index (χ3v) is 4.37. The van der Waals surface area contributed by atoms with Gasteiger partial charge in [0.15, 0.2) is 0 Å². The van der Waals surface area contributed by atoms with Crippen LogP contribution in [0.4, 0.5) is 5.69 Å². The van der Waals surface area contributed by atoms with Crippen LogP contribution in [0.3, 0.4) is 0 Å². The molecule has 5 nitrogen and oxygen atoms in total. The number of carbonyl (C=O) groups is 2. The van der Waals surface area contributed by atoms with Crippen molar-refractivity contribution in [1.82, 2.24) is 5.32 Å². The van der Waals surface area contributed by atoms with Crippen LogP contribution in [-0.2, 0) is 4.79 Å². The molecule has 0 aliphatic heterocycles. The van der Waals surface area contributed by atoms with Gasteiger partial charge in [-0.25, -0.2) is 0 Å². The summed E-state index contributed by atoms with van der Waals surface area (Å²) in [4.78, 5) is 24.4. The average Bonchev–Trinajstić information content (AvgIpc) is 3.41. The van der Waals surface area contributed by atoms with E-state index in [0.717, 1.165) is 18.4 Å². The van der Waals surface area contributed by atoms with E-state index < -0.39 is 0 Å². The highest BCUT2D eigenvalue weighted by Gasteiger charge is 2.25. The van der Waals surface area contributed by atoms with Gasteiger partial charge in [-0.2, -0.15) is 0 Å². The molecule has 0 heterocycles. The van der Waals surface area contributed by atoms with Gasteiger partial charge in [0.2, 0.25) is 5.91 Å². The van der Waals surface area contributed by atoms with Crippen LogP contribution in [0.15, 0.2) is 48.5 Å². The number of nitrogens with two attached hydrogens (primary N) is 1. The first-order valence-electron chi connectivity index (χ1n) is 8.23. The molecule has 0 radical (unpaired) electrons. The van der Waals surface area contributed by atoms with E-state index in [4.69, 9.17) is 17.3 Å². The minimum Gasteiger partial charge on any atom is -0.349 e. The van der Waals surface area contributed by atoms with Crippen LogP contribution in [0.25, 0.3) is 0 Å². The van der Waals surface area contributed by atoms with Gasteiger partial charge in [0.25, 0.3) is 5.91 Å². The predicted molar refractivity (Wildman–Crippen MR) is 98.6 cm³/mol. The van der Waals surface area contributed by atoms with E-state index in [0.29, 0.717) is 16.3 Å². The average molecular weight is 358 g/mol. The molecule has 0 aromatic heterocycles.